The maximum absolute atomic E-state index is 13.4. The maximum atomic E-state index is 13.4. The van der Waals surface area contributed by atoms with E-state index in [0.717, 1.165) is 11.3 Å². The third-order valence-electron chi connectivity index (χ3n) is 4.01. The van der Waals surface area contributed by atoms with Gasteiger partial charge in [-0.2, -0.15) is 0 Å². The van der Waals surface area contributed by atoms with Gasteiger partial charge in [0, 0.05) is 11.9 Å². The number of aromatic nitrogens is 1. The number of carbonyl (C=O) groups excluding carboxylic acids is 1. The van der Waals surface area contributed by atoms with Crippen molar-refractivity contribution in [2.75, 3.05) is 11.9 Å². The number of rotatable bonds is 7. The summed E-state index contributed by atoms with van der Waals surface area (Å²) in [4.78, 5) is 16.9. The Kier molecular flexibility index (Phi) is 6.22. The van der Waals surface area contributed by atoms with Crippen LogP contribution in [-0.4, -0.2) is 23.5 Å². The van der Waals surface area contributed by atoms with Gasteiger partial charge < -0.3 is 15.4 Å². The molecule has 5 nitrogen and oxygen atoms in total. The topological polar surface area (TPSA) is 63.2 Å². The second-order valence-electron chi connectivity index (χ2n) is 6.54. The van der Waals surface area contributed by atoms with Crippen LogP contribution in [0.5, 0.6) is 5.75 Å². The zero-order chi connectivity index (χ0) is 19.9. The minimum absolute atomic E-state index is 0.213. The monoisotopic (exact) mass is 379 g/mol. The summed E-state index contributed by atoms with van der Waals surface area (Å²) < 4.78 is 19.1. The van der Waals surface area contributed by atoms with Gasteiger partial charge in [0.1, 0.15) is 24.0 Å². The van der Waals surface area contributed by atoms with Crippen LogP contribution in [-0.2, 0) is 0 Å². The number of nitrogens with one attached hydrogen (secondary N) is 2. The lowest BCUT2D eigenvalue weighted by molar-refractivity contribution is 0.0927. The first-order valence-corrected chi connectivity index (χ1v) is 8.99. The minimum Gasteiger partial charge on any atom is -0.491 e. The maximum Gasteiger partial charge on any atom is 0.255 e. The van der Waals surface area contributed by atoms with Gasteiger partial charge in [-0.1, -0.05) is 18.2 Å². The summed E-state index contributed by atoms with van der Waals surface area (Å²) in [6, 6.07) is 16.9. The van der Waals surface area contributed by atoms with Crippen molar-refractivity contribution in [3.8, 4) is 5.75 Å². The average Bonchev–Trinajstić information content (AvgIpc) is 2.67. The molecule has 3 rings (SSSR count). The summed E-state index contributed by atoms with van der Waals surface area (Å²) in [5.74, 6) is 0.467. The zero-order valence-electron chi connectivity index (χ0n) is 15.8. The van der Waals surface area contributed by atoms with E-state index in [1.54, 1.807) is 30.5 Å². The number of ether oxygens (including phenoxy) is 1. The van der Waals surface area contributed by atoms with E-state index >= 15 is 0 Å². The molecule has 0 aliphatic rings. The highest BCUT2D eigenvalue weighted by molar-refractivity contribution is 5.99. The first-order chi connectivity index (χ1) is 13.5. The van der Waals surface area contributed by atoms with E-state index in [9.17, 15) is 9.18 Å². The second kappa shape index (κ2) is 8.99. The molecule has 0 bridgehead atoms. The molecule has 0 aliphatic carbocycles. The smallest absolute Gasteiger partial charge is 0.255 e. The first kappa shape index (κ1) is 19.4. The van der Waals surface area contributed by atoms with Gasteiger partial charge in [0.05, 0.1) is 11.6 Å². The number of benzene rings is 2. The van der Waals surface area contributed by atoms with Gasteiger partial charge in [0.15, 0.2) is 0 Å². The summed E-state index contributed by atoms with van der Waals surface area (Å²) in [5, 5.41) is 5.89. The number of nitrogens with zero attached hydrogens (tertiary/aromatic N) is 1. The molecule has 0 spiro atoms. The molecule has 2 aromatic carbocycles. The van der Waals surface area contributed by atoms with Crippen molar-refractivity contribution in [3.05, 3.63) is 83.8 Å². The van der Waals surface area contributed by atoms with Gasteiger partial charge in [0.2, 0.25) is 0 Å². The molecular weight excluding hydrogens is 357 g/mol. The van der Waals surface area contributed by atoms with Crippen molar-refractivity contribution in [3.63, 3.8) is 0 Å². The normalized spacial score (nSPS) is 11.5. The third kappa shape index (κ3) is 5.30. The van der Waals surface area contributed by atoms with Crippen molar-refractivity contribution in [2.24, 2.45) is 0 Å². The quantitative estimate of drug-likeness (QED) is 0.636. The largest absolute Gasteiger partial charge is 0.491 e. The number of hydrogen-bond donors (Lipinski definition) is 2. The Morgan fingerprint density at radius 1 is 1.14 bits per heavy atom. The van der Waals surface area contributed by atoms with Gasteiger partial charge in [-0.05, 0) is 61.9 Å². The molecule has 1 unspecified atom stereocenters. The number of carbonyl (C=O) groups is 1. The Bertz CT molecular complexity index is 962. The van der Waals surface area contributed by atoms with Gasteiger partial charge in [0.25, 0.3) is 5.91 Å². The summed E-state index contributed by atoms with van der Waals surface area (Å²) >= 11 is 0. The molecule has 0 aliphatic heterocycles. The summed E-state index contributed by atoms with van der Waals surface area (Å²) in [6.07, 6.45) is 1.57. The van der Waals surface area contributed by atoms with E-state index in [1.165, 1.54) is 12.1 Å². The van der Waals surface area contributed by atoms with Crippen molar-refractivity contribution in [2.45, 2.75) is 19.9 Å². The van der Waals surface area contributed by atoms with Crippen molar-refractivity contribution in [1.29, 1.82) is 0 Å². The standard InChI is InChI=1S/C22H22FN3O2/c1-15-6-3-9-19(12-15)28-14-16(2)25-22(27)20-10-5-11-24-21(20)26-18-8-4-7-17(23)13-18/h3-13,16H,14H2,1-2H3,(H,24,26)(H,25,27). The van der Waals surface area contributed by atoms with Crippen LogP contribution in [0, 0.1) is 12.7 Å². The van der Waals surface area contributed by atoms with E-state index in [0.29, 0.717) is 23.7 Å². The predicted molar refractivity (Wildman–Crippen MR) is 108 cm³/mol. The lowest BCUT2D eigenvalue weighted by atomic mass is 10.2. The molecule has 1 aromatic heterocycles. The Balaban J connectivity index is 1.63. The number of anilines is 2. The van der Waals surface area contributed by atoms with Crippen LogP contribution in [0.15, 0.2) is 66.9 Å². The summed E-state index contributed by atoms with van der Waals surface area (Å²) in [7, 11) is 0. The van der Waals surface area contributed by atoms with E-state index < -0.39 is 0 Å². The first-order valence-electron chi connectivity index (χ1n) is 8.99. The van der Waals surface area contributed by atoms with Crippen molar-refractivity contribution in [1.82, 2.24) is 10.3 Å². The van der Waals surface area contributed by atoms with Gasteiger partial charge in [-0.3, -0.25) is 4.79 Å². The number of hydrogen-bond acceptors (Lipinski definition) is 4. The highest BCUT2D eigenvalue weighted by Gasteiger charge is 2.15. The minimum atomic E-state index is -0.367. The van der Waals surface area contributed by atoms with Crippen LogP contribution >= 0.6 is 0 Å². The number of pyridine rings is 1. The fourth-order valence-corrected chi connectivity index (χ4v) is 2.66. The van der Waals surface area contributed by atoms with Gasteiger partial charge >= 0.3 is 0 Å². The van der Waals surface area contributed by atoms with E-state index in [2.05, 4.69) is 15.6 Å². The van der Waals surface area contributed by atoms with Crippen LogP contribution in [0.4, 0.5) is 15.9 Å². The van der Waals surface area contributed by atoms with Crippen molar-refractivity contribution < 1.29 is 13.9 Å². The fourth-order valence-electron chi connectivity index (χ4n) is 2.66. The molecule has 28 heavy (non-hydrogen) atoms. The van der Waals surface area contributed by atoms with Crippen LogP contribution in [0.2, 0.25) is 0 Å². The van der Waals surface area contributed by atoms with E-state index in [4.69, 9.17) is 4.74 Å². The average molecular weight is 379 g/mol. The van der Waals surface area contributed by atoms with Gasteiger partial charge in [-0.15, -0.1) is 0 Å². The molecule has 1 heterocycles. The summed E-state index contributed by atoms with van der Waals surface area (Å²) in [5.41, 5.74) is 2.00. The molecule has 1 amide bonds. The molecule has 3 aromatic rings. The highest BCUT2D eigenvalue weighted by Crippen LogP contribution is 2.19. The highest BCUT2D eigenvalue weighted by atomic mass is 19.1. The SMILES string of the molecule is Cc1cccc(OCC(C)NC(=O)c2cccnc2Nc2cccc(F)c2)c1. The lowest BCUT2D eigenvalue weighted by Gasteiger charge is -2.17. The second-order valence-corrected chi connectivity index (χ2v) is 6.54. The summed E-state index contributed by atoms with van der Waals surface area (Å²) in [6.45, 7) is 4.19. The van der Waals surface area contributed by atoms with Crippen LogP contribution in [0.25, 0.3) is 0 Å². The van der Waals surface area contributed by atoms with E-state index in [1.807, 2.05) is 38.1 Å². The molecule has 0 saturated heterocycles. The zero-order valence-corrected chi connectivity index (χ0v) is 15.8. The number of aryl methyl sites for hydroxylation is 1. The Labute approximate surface area is 163 Å². The van der Waals surface area contributed by atoms with Crippen LogP contribution < -0.4 is 15.4 Å². The molecular formula is C22H22FN3O2. The van der Waals surface area contributed by atoms with E-state index in [-0.39, 0.29) is 17.8 Å². The van der Waals surface area contributed by atoms with Gasteiger partial charge in [-0.25, -0.2) is 9.37 Å². The molecule has 2 N–H and O–H groups in total. The molecule has 0 radical (unpaired) electrons. The Morgan fingerprint density at radius 3 is 2.75 bits per heavy atom. The lowest BCUT2D eigenvalue weighted by Crippen LogP contribution is -2.37. The predicted octanol–water partition coefficient (Wildman–Crippen LogP) is 4.47. The van der Waals surface area contributed by atoms with Crippen molar-refractivity contribution >= 4 is 17.4 Å². The Morgan fingerprint density at radius 2 is 1.96 bits per heavy atom. The third-order valence-corrected chi connectivity index (χ3v) is 4.01. The fraction of sp³-hybridized carbons (Fsp3) is 0.182. The molecule has 144 valence electrons. The molecule has 0 fully saturated rings. The number of amides is 1. The number of halogens is 1. The molecule has 0 saturated carbocycles. The molecule has 1 atom stereocenters. The van der Waals surface area contributed by atoms with Crippen LogP contribution in [0.3, 0.4) is 0 Å². The Hall–Kier alpha value is -3.41. The van der Waals surface area contributed by atoms with Crippen LogP contribution in [0.1, 0.15) is 22.8 Å². The molecule has 6 heteroatoms.